The van der Waals surface area contributed by atoms with Crippen LogP contribution in [0.3, 0.4) is 0 Å². The van der Waals surface area contributed by atoms with Crippen LogP contribution in [0.15, 0.2) is 35.3 Å². The first-order chi connectivity index (χ1) is 10.1. The van der Waals surface area contributed by atoms with E-state index in [0.29, 0.717) is 18.3 Å². The van der Waals surface area contributed by atoms with Crippen molar-refractivity contribution in [3.63, 3.8) is 0 Å². The summed E-state index contributed by atoms with van der Waals surface area (Å²) in [6, 6.07) is 8.63. The van der Waals surface area contributed by atoms with Crippen LogP contribution in [-0.4, -0.2) is 22.4 Å². The summed E-state index contributed by atoms with van der Waals surface area (Å²) in [6.07, 6.45) is 3.68. The predicted molar refractivity (Wildman–Crippen MR) is 85.2 cm³/mol. The van der Waals surface area contributed by atoms with E-state index in [9.17, 15) is 4.79 Å². The van der Waals surface area contributed by atoms with Crippen molar-refractivity contribution in [2.45, 2.75) is 18.9 Å². The Morgan fingerprint density at radius 3 is 3.14 bits per heavy atom. The van der Waals surface area contributed by atoms with Crippen LogP contribution in [0.25, 0.3) is 0 Å². The highest BCUT2D eigenvalue weighted by molar-refractivity contribution is 6.32. The molecule has 1 aromatic carbocycles. The maximum Gasteiger partial charge on any atom is 0.287 e. The Kier molecular flexibility index (Phi) is 3.84. The van der Waals surface area contributed by atoms with Gasteiger partial charge in [0.25, 0.3) is 5.56 Å². The van der Waals surface area contributed by atoms with Gasteiger partial charge >= 0.3 is 0 Å². The summed E-state index contributed by atoms with van der Waals surface area (Å²) in [6.45, 7) is 0.697. The van der Waals surface area contributed by atoms with E-state index in [0.717, 1.165) is 12.8 Å². The van der Waals surface area contributed by atoms with Gasteiger partial charge < -0.3 is 10.6 Å². The van der Waals surface area contributed by atoms with E-state index >= 15 is 0 Å². The molecule has 0 aliphatic carbocycles. The van der Waals surface area contributed by atoms with Gasteiger partial charge in [0, 0.05) is 25.3 Å². The van der Waals surface area contributed by atoms with Crippen molar-refractivity contribution in [2.24, 2.45) is 7.05 Å². The molecule has 5 nitrogen and oxygen atoms in total. The number of rotatable bonds is 3. The Hall–Kier alpha value is -2.01. The first kappa shape index (κ1) is 13.9. The lowest BCUT2D eigenvalue weighted by Gasteiger charge is -2.27. The highest BCUT2D eigenvalue weighted by Gasteiger charge is 2.17. The molecule has 0 bridgehead atoms. The second kappa shape index (κ2) is 5.77. The summed E-state index contributed by atoms with van der Waals surface area (Å²) in [5, 5.41) is 10.9. The van der Waals surface area contributed by atoms with Gasteiger partial charge in [-0.2, -0.15) is 5.10 Å². The largest absolute Gasteiger partial charge is 0.380 e. The van der Waals surface area contributed by atoms with Crippen LogP contribution in [0.2, 0.25) is 5.02 Å². The van der Waals surface area contributed by atoms with Gasteiger partial charge in [-0.15, -0.1) is 0 Å². The number of nitrogens with one attached hydrogen (secondary N) is 2. The number of hydrogen-bond acceptors (Lipinski definition) is 4. The van der Waals surface area contributed by atoms with Crippen molar-refractivity contribution in [1.29, 1.82) is 0 Å². The smallest absolute Gasteiger partial charge is 0.287 e. The summed E-state index contributed by atoms with van der Waals surface area (Å²) in [7, 11) is 1.58. The van der Waals surface area contributed by atoms with Crippen molar-refractivity contribution >= 4 is 23.0 Å². The maximum absolute atomic E-state index is 11.7. The van der Waals surface area contributed by atoms with Gasteiger partial charge in [-0.05, 0) is 24.5 Å². The average molecular weight is 305 g/mol. The zero-order chi connectivity index (χ0) is 14.8. The van der Waals surface area contributed by atoms with Crippen molar-refractivity contribution in [2.75, 3.05) is 17.2 Å². The third kappa shape index (κ3) is 2.88. The molecular weight excluding hydrogens is 288 g/mol. The summed E-state index contributed by atoms with van der Waals surface area (Å²) < 4.78 is 1.22. The molecule has 0 fully saturated rings. The van der Waals surface area contributed by atoms with Gasteiger partial charge in [0.15, 0.2) is 0 Å². The normalized spacial score (nSPS) is 17.0. The zero-order valence-electron chi connectivity index (χ0n) is 11.8. The van der Waals surface area contributed by atoms with Crippen LogP contribution in [-0.2, 0) is 13.5 Å². The van der Waals surface area contributed by atoms with E-state index < -0.39 is 0 Å². The Labute approximate surface area is 127 Å². The molecule has 0 saturated carbocycles. The molecule has 3 rings (SSSR count). The molecule has 110 valence electrons. The van der Waals surface area contributed by atoms with Gasteiger partial charge in [0.2, 0.25) is 0 Å². The van der Waals surface area contributed by atoms with Crippen LogP contribution < -0.4 is 16.2 Å². The fourth-order valence-corrected chi connectivity index (χ4v) is 2.76. The predicted octanol–water partition coefficient (Wildman–Crippen LogP) is 2.27. The number of hydrogen-bond donors (Lipinski definition) is 2. The van der Waals surface area contributed by atoms with E-state index in [1.54, 1.807) is 13.2 Å². The van der Waals surface area contributed by atoms with Gasteiger partial charge in [-0.25, -0.2) is 4.68 Å². The van der Waals surface area contributed by atoms with E-state index in [-0.39, 0.29) is 10.6 Å². The lowest BCUT2D eigenvalue weighted by Crippen LogP contribution is -2.32. The number of para-hydroxylation sites is 1. The molecule has 21 heavy (non-hydrogen) atoms. The Balaban J connectivity index is 1.67. The molecule has 0 radical (unpaired) electrons. The monoisotopic (exact) mass is 304 g/mol. The third-order valence-electron chi connectivity index (χ3n) is 3.76. The van der Waals surface area contributed by atoms with E-state index in [1.165, 1.54) is 15.9 Å². The molecule has 1 unspecified atom stereocenters. The van der Waals surface area contributed by atoms with E-state index in [2.05, 4.69) is 33.9 Å². The number of benzene rings is 1. The molecule has 6 heteroatoms. The molecule has 1 atom stereocenters. The molecular formula is C15H17ClN4O. The second-order valence-electron chi connectivity index (χ2n) is 5.22. The third-order valence-corrected chi connectivity index (χ3v) is 4.12. The fraction of sp³-hybridized carbons (Fsp3) is 0.333. The molecule has 1 aliphatic heterocycles. The van der Waals surface area contributed by atoms with Gasteiger partial charge in [-0.3, -0.25) is 4.79 Å². The Bertz CT molecular complexity index is 713. The van der Waals surface area contributed by atoms with Crippen LogP contribution in [0.1, 0.15) is 12.0 Å². The van der Waals surface area contributed by atoms with Gasteiger partial charge in [0.1, 0.15) is 5.02 Å². The van der Waals surface area contributed by atoms with Crippen molar-refractivity contribution in [1.82, 2.24) is 9.78 Å². The molecule has 2 heterocycles. The lowest BCUT2D eigenvalue weighted by atomic mass is 9.98. The molecule has 0 saturated heterocycles. The highest BCUT2D eigenvalue weighted by atomic mass is 35.5. The summed E-state index contributed by atoms with van der Waals surface area (Å²) in [5.74, 6) is 0. The van der Waals surface area contributed by atoms with Crippen molar-refractivity contribution < 1.29 is 0 Å². The van der Waals surface area contributed by atoms with E-state index in [4.69, 9.17) is 11.6 Å². The number of aryl methyl sites for hydroxylation is 2. The molecule has 2 aromatic rings. The van der Waals surface area contributed by atoms with Crippen LogP contribution in [0.5, 0.6) is 0 Å². The zero-order valence-corrected chi connectivity index (χ0v) is 12.5. The van der Waals surface area contributed by atoms with E-state index in [1.807, 2.05) is 6.07 Å². The van der Waals surface area contributed by atoms with Crippen LogP contribution in [0, 0.1) is 0 Å². The quantitative estimate of drug-likeness (QED) is 0.913. The van der Waals surface area contributed by atoms with Gasteiger partial charge in [0.05, 0.1) is 11.9 Å². The lowest BCUT2D eigenvalue weighted by molar-refractivity contribution is 0.652. The molecule has 0 spiro atoms. The number of fused-ring (bicyclic) bond motifs is 1. The minimum atomic E-state index is -0.288. The number of anilines is 2. The minimum Gasteiger partial charge on any atom is -0.380 e. The Morgan fingerprint density at radius 1 is 1.48 bits per heavy atom. The first-order valence-corrected chi connectivity index (χ1v) is 7.33. The highest BCUT2D eigenvalue weighted by Crippen LogP contribution is 2.24. The molecule has 0 amide bonds. The maximum atomic E-state index is 11.7. The number of halogens is 1. The number of nitrogens with zero attached hydrogens (tertiary/aromatic N) is 2. The average Bonchev–Trinajstić information content (AvgIpc) is 2.52. The molecule has 2 N–H and O–H groups in total. The van der Waals surface area contributed by atoms with Gasteiger partial charge in [-0.1, -0.05) is 29.8 Å². The summed E-state index contributed by atoms with van der Waals surface area (Å²) >= 11 is 6.04. The number of aromatic nitrogens is 2. The fourth-order valence-electron chi connectivity index (χ4n) is 2.52. The second-order valence-corrected chi connectivity index (χ2v) is 5.60. The van der Waals surface area contributed by atoms with Crippen molar-refractivity contribution in [3.8, 4) is 0 Å². The minimum absolute atomic E-state index is 0.184. The molecule has 1 aromatic heterocycles. The Morgan fingerprint density at radius 2 is 2.29 bits per heavy atom. The standard InChI is InChI=1S/C15H17ClN4O/c1-20-15(21)14(16)13(9-18-20)17-8-11-7-6-10-4-2-3-5-12(10)19-11/h2-5,9,11,17,19H,6-8H2,1H3. The van der Waals surface area contributed by atoms with Crippen molar-refractivity contribution in [3.05, 3.63) is 51.4 Å². The molecule has 1 aliphatic rings. The van der Waals surface area contributed by atoms with Crippen LogP contribution >= 0.6 is 11.6 Å². The summed E-state index contributed by atoms with van der Waals surface area (Å²) in [5.41, 5.74) is 2.83. The topological polar surface area (TPSA) is 59.0 Å². The first-order valence-electron chi connectivity index (χ1n) is 6.95. The SMILES string of the molecule is Cn1ncc(NCC2CCc3ccccc3N2)c(Cl)c1=O. The summed E-state index contributed by atoms with van der Waals surface area (Å²) in [4.78, 5) is 11.7. The van der Waals surface area contributed by atoms with Crippen LogP contribution in [0.4, 0.5) is 11.4 Å².